The van der Waals surface area contributed by atoms with E-state index < -0.39 is 15.2 Å². The summed E-state index contributed by atoms with van der Waals surface area (Å²) in [5.74, 6) is 0.903. The average Bonchev–Trinajstić information content (AvgIpc) is 2.47. The van der Waals surface area contributed by atoms with Gasteiger partial charge in [0.2, 0.25) is 0 Å². The van der Waals surface area contributed by atoms with E-state index in [1.807, 2.05) is 0 Å². The Hall–Kier alpha value is -1.21. The van der Waals surface area contributed by atoms with Crippen LogP contribution in [0.25, 0.3) is 0 Å². The summed E-state index contributed by atoms with van der Waals surface area (Å²) in [5.41, 5.74) is 6.56. The summed E-state index contributed by atoms with van der Waals surface area (Å²) in [5, 5.41) is -0.752. The lowest BCUT2D eigenvalue weighted by Gasteiger charge is -2.34. The van der Waals surface area contributed by atoms with E-state index in [1.54, 1.807) is 43.0 Å². The van der Waals surface area contributed by atoms with E-state index in [-0.39, 0.29) is 11.7 Å². The first-order valence-corrected chi connectivity index (χ1v) is 9.29. The highest BCUT2D eigenvalue weighted by molar-refractivity contribution is 8.01. The molecule has 1 fully saturated rings. The van der Waals surface area contributed by atoms with Crippen molar-refractivity contribution in [3.05, 3.63) is 29.8 Å². The fraction of sp³-hybridized carbons (Fsp3) is 0.462. The minimum absolute atomic E-state index is 0.0340. The number of amides is 1. The number of sulfone groups is 1. The first kappa shape index (κ1) is 15.2. The molecule has 7 heteroatoms. The third-order valence-corrected chi connectivity index (χ3v) is 6.64. The Morgan fingerprint density at radius 3 is 2.80 bits per heavy atom. The van der Waals surface area contributed by atoms with Gasteiger partial charge in [0, 0.05) is 29.5 Å². The number of benzene rings is 1. The van der Waals surface area contributed by atoms with Crippen molar-refractivity contribution in [1.82, 2.24) is 4.90 Å². The van der Waals surface area contributed by atoms with Crippen LogP contribution in [0.1, 0.15) is 17.3 Å². The van der Waals surface area contributed by atoms with Gasteiger partial charge in [0.25, 0.3) is 5.91 Å². The normalized spacial score (nSPS) is 19.9. The molecule has 1 aliphatic rings. The van der Waals surface area contributed by atoms with Gasteiger partial charge in [0.05, 0.1) is 5.56 Å². The van der Waals surface area contributed by atoms with Crippen molar-refractivity contribution in [2.24, 2.45) is 0 Å². The van der Waals surface area contributed by atoms with Crippen molar-refractivity contribution in [3.8, 4) is 0 Å². The van der Waals surface area contributed by atoms with Crippen LogP contribution in [0, 0.1) is 0 Å². The SMILES string of the molecule is CCS(=O)(=O)C1CSCCN1C(=O)c1ccccc1N. The third-order valence-electron chi connectivity index (χ3n) is 3.35. The van der Waals surface area contributed by atoms with E-state index in [9.17, 15) is 13.2 Å². The standard InChI is InChI=1S/C13H18N2O3S2/c1-2-20(17,18)12-9-19-8-7-15(12)13(16)10-5-3-4-6-11(10)14/h3-6,12H,2,7-9,14H2,1H3. The molecule has 110 valence electrons. The molecule has 1 atom stereocenters. The second kappa shape index (κ2) is 6.05. The number of nitrogens with zero attached hydrogens (tertiary/aromatic N) is 1. The maximum absolute atomic E-state index is 12.6. The Morgan fingerprint density at radius 1 is 1.45 bits per heavy atom. The summed E-state index contributed by atoms with van der Waals surface area (Å²) in [7, 11) is -3.29. The van der Waals surface area contributed by atoms with Crippen molar-refractivity contribution in [3.63, 3.8) is 0 Å². The fourth-order valence-corrected chi connectivity index (χ4v) is 5.12. The summed E-state index contributed by atoms with van der Waals surface area (Å²) in [6, 6.07) is 6.76. The quantitative estimate of drug-likeness (QED) is 0.849. The predicted molar refractivity (Wildman–Crippen MR) is 82.5 cm³/mol. The maximum atomic E-state index is 12.6. The number of nitrogen functional groups attached to an aromatic ring is 1. The molecule has 0 spiro atoms. The number of hydrogen-bond acceptors (Lipinski definition) is 5. The minimum atomic E-state index is -3.29. The maximum Gasteiger partial charge on any atom is 0.257 e. The van der Waals surface area contributed by atoms with Gasteiger partial charge >= 0.3 is 0 Å². The molecular formula is C13H18N2O3S2. The molecule has 0 aromatic heterocycles. The summed E-state index contributed by atoms with van der Waals surface area (Å²) >= 11 is 1.56. The van der Waals surface area contributed by atoms with E-state index in [2.05, 4.69) is 0 Å². The van der Waals surface area contributed by atoms with Crippen molar-refractivity contribution in [2.75, 3.05) is 29.5 Å². The second-order valence-electron chi connectivity index (χ2n) is 4.57. The third kappa shape index (κ3) is 2.93. The van der Waals surface area contributed by atoms with Crippen LogP contribution in [0.2, 0.25) is 0 Å². The van der Waals surface area contributed by atoms with Gasteiger partial charge in [-0.1, -0.05) is 19.1 Å². The Bertz CT molecular complexity index is 601. The van der Waals surface area contributed by atoms with Crippen LogP contribution in [0.4, 0.5) is 5.69 Å². The van der Waals surface area contributed by atoms with Crippen molar-refractivity contribution in [2.45, 2.75) is 12.3 Å². The Morgan fingerprint density at radius 2 is 2.15 bits per heavy atom. The molecule has 1 saturated heterocycles. The Labute approximate surface area is 123 Å². The van der Waals surface area contributed by atoms with Crippen molar-refractivity contribution in [1.29, 1.82) is 0 Å². The number of nitrogens with two attached hydrogens (primary N) is 1. The number of hydrogen-bond donors (Lipinski definition) is 1. The van der Waals surface area contributed by atoms with Gasteiger partial charge in [-0.15, -0.1) is 0 Å². The molecule has 1 amide bonds. The van der Waals surface area contributed by atoms with Gasteiger partial charge in [-0.25, -0.2) is 8.42 Å². The number of carbonyl (C=O) groups excluding carboxylic acids is 1. The molecule has 2 N–H and O–H groups in total. The highest BCUT2D eigenvalue weighted by Gasteiger charge is 2.36. The number of carbonyl (C=O) groups is 1. The molecule has 1 heterocycles. The van der Waals surface area contributed by atoms with Crippen LogP contribution in [-0.4, -0.2) is 48.4 Å². The second-order valence-corrected chi connectivity index (χ2v) is 8.16. The Kier molecular flexibility index (Phi) is 4.59. The van der Waals surface area contributed by atoms with Gasteiger partial charge < -0.3 is 10.6 Å². The minimum Gasteiger partial charge on any atom is -0.398 e. The Balaban J connectivity index is 2.34. The monoisotopic (exact) mass is 314 g/mol. The van der Waals surface area contributed by atoms with Crippen LogP contribution in [0.5, 0.6) is 0 Å². The summed E-state index contributed by atoms with van der Waals surface area (Å²) < 4.78 is 24.3. The zero-order valence-electron chi connectivity index (χ0n) is 11.3. The number of para-hydroxylation sites is 1. The van der Waals surface area contributed by atoms with Gasteiger partial charge in [0.1, 0.15) is 5.37 Å². The van der Waals surface area contributed by atoms with Crippen LogP contribution in [0.3, 0.4) is 0 Å². The number of anilines is 1. The molecule has 5 nitrogen and oxygen atoms in total. The van der Waals surface area contributed by atoms with Crippen LogP contribution in [-0.2, 0) is 9.84 Å². The van der Waals surface area contributed by atoms with E-state index in [0.29, 0.717) is 23.5 Å². The van der Waals surface area contributed by atoms with Crippen molar-refractivity contribution < 1.29 is 13.2 Å². The van der Waals surface area contributed by atoms with Crippen LogP contribution in [0.15, 0.2) is 24.3 Å². The molecule has 1 aromatic carbocycles. The summed E-state index contributed by atoms with van der Waals surface area (Å²) in [4.78, 5) is 14.0. The topological polar surface area (TPSA) is 80.5 Å². The highest BCUT2D eigenvalue weighted by atomic mass is 32.2. The summed E-state index contributed by atoms with van der Waals surface area (Å²) in [6.07, 6.45) is 0. The smallest absolute Gasteiger partial charge is 0.257 e. The average molecular weight is 314 g/mol. The largest absolute Gasteiger partial charge is 0.398 e. The van der Waals surface area contributed by atoms with Crippen molar-refractivity contribution >= 4 is 33.2 Å². The van der Waals surface area contributed by atoms with Gasteiger partial charge in [-0.05, 0) is 12.1 Å². The first-order valence-electron chi connectivity index (χ1n) is 6.42. The highest BCUT2D eigenvalue weighted by Crippen LogP contribution is 2.24. The van der Waals surface area contributed by atoms with Crippen LogP contribution < -0.4 is 5.73 Å². The molecule has 0 aliphatic carbocycles. The molecule has 2 rings (SSSR count). The lowest BCUT2D eigenvalue weighted by atomic mass is 10.1. The lowest BCUT2D eigenvalue weighted by molar-refractivity contribution is 0.0750. The molecular weight excluding hydrogens is 296 g/mol. The van der Waals surface area contributed by atoms with Gasteiger partial charge in [-0.3, -0.25) is 4.79 Å². The molecule has 0 saturated carbocycles. The zero-order chi connectivity index (χ0) is 14.8. The first-order chi connectivity index (χ1) is 9.47. The van der Waals surface area contributed by atoms with E-state index in [4.69, 9.17) is 5.73 Å². The zero-order valence-corrected chi connectivity index (χ0v) is 12.9. The molecule has 1 unspecified atom stereocenters. The lowest BCUT2D eigenvalue weighted by Crippen LogP contribution is -2.50. The molecule has 1 aliphatic heterocycles. The predicted octanol–water partition coefficient (Wildman–Crippen LogP) is 1.22. The number of rotatable bonds is 3. The fourth-order valence-electron chi connectivity index (χ4n) is 2.15. The molecule has 0 radical (unpaired) electrons. The summed E-state index contributed by atoms with van der Waals surface area (Å²) in [6.45, 7) is 2.04. The molecule has 0 bridgehead atoms. The molecule has 1 aromatic rings. The molecule has 20 heavy (non-hydrogen) atoms. The van der Waals surface area contributed by atoms with Gasteiger partial charge in [-0.2, -0.15) is 11.8 Å². The van der Waals surface area contributed by atoms with E-state index in [1.165, 1.54) is 4.90 Å². The number of thioether (sulfide) groups is 1. The van der Waals surface area contributed by atoms with E-state index in [0.717, 1.165) is 5.75 Å². The van der Waals surface area contributed by atoms with E-state index >= 15 is 0 Å². The van der Waals surface area contributed by atoms with Gasteiger partial charge in [0.15, 0.2) is 9.84 Å². The van der Waals surface area contributed by atoms with Crippen LogP contribution >= 0.6 is 11.8 Å².